The van der Waals surface area contributed by atoms with E-state index in [1.165, 1.54) is 11.3 Å². The summed E-state index contributed by atoms with van der Waals surface area (Å²) in [6.45, 7) is 5.64. The molecule has 0 amide bonds. The van der Waals surface area contributed by atoms with Crippen molar-refractivity contribution in [1.29, 1.82) is 0 Å². The molecular formula is C14H22N2O. The Morgan fingerprint density at radius 3 is 2.94 bits per heavy atom. The molecule has 0 saturated carbocycles. The molecule has 0 spiro atoms. The molecule has 3 heteroatoms. The maximum atomic E-state index is 10.2. The number of nitrogens with zero attached hydrogens (tertiary/aromatic N) is 1. The van der Waals surface area contributed by atoms with Crippen LogP contribution >= 0.6 is 0 Å². The molecule has 2 rings (SSSR count). The number of hydrogen-bond donors (Lipinski definition) is 2. The summed E-state index contributed by atoms with van der Waals surface area (Å²) in [4.78, 5) is 2.28. The van der Waals surface area contributed by atoms with Gasteiger partial charge in [-0.15, -0.1) is 0 Å². The molecule has 1 atom stereocenters. The zero-order chi connectivity index (χ0) is 12.5. The van der Waals surface area contributed by atoms with Crippen LogP contribution < -0.4 is 10.6 Å². The Morgan fingerprint density at radius 2 is 2.24 bits per heavy atom. The monoisotopic (exact) mass is 234 g/mol. The van der Waals surface area contributed by atoms with Gasteiger partial charge in [0.1, 0.15) is 0 Å². The van der Waals surface area contributed by atoms with E-state index in [0.29, 0.717) is 6.54 Å². The van der Waals surface area contributed by atoms with Crippen LogP contribution in [0.3, 0.4) is 0 Å². The Bertz CT molecular complexity index is 401. The predicted octanol–water partition coefficient (Wildman–Crippen LogP) is 2.18. The lowest BCUT2D eigenvalue weighted by atomic mass is 9.97. The van der Waals surface area contributed by atoms with Gasteiger partial charge in [0.15, 0.2) is 0 Å². The van der Waals surface area contributed by atoms with E-state index >= 15 is 0 Å². The maximum absolute atomic E-state index is 10.2. The van der Waals surface area contributed by atoms with E-state index in [-0.39, 0.29) is 0 Å². The number of fused-ring (bicyclic) bond motifs is 1. The topological polar surface area (TPSA) is 49.5 Å². The van der Waals surface area contributed by atoms with E-state index in [1.807, 2.05) is 19.9 Å². The molecule has 1 aromatic rings. The van der Waals surface area contributed by atoms with Crippen LogP contribution in [-0.4, -0.2) is 23.8 Å². The second kappa shape index (κ2) is 4.57. The normalized spacial score (nSPS) is 18.6. The van der Waals surface area contributed by atoms with Crippen molar-refractivity contribution in [3.63, 3.8) is 0 Å². The summed E-state index contributed by atoms with van der Waals surface area (Å²) in [6, 6.07) is 6.08. The van der Waals surface area contributed by atoms with E-state index in [4.69, 9.17) is 5.73 Å². The third-order valence-electron chi connectivity index (χ3n) is 3.61. The second-order valence-electron chi connectivity index (χ2n) is 5.26. The van der Waals surface area contributed by atoms with Crippen LogP contribution in [0.15, 0.2) is 18.2 Å². The molecule has 0 bridgehead atoms. The fourth-order valence-electron chi connectivity index (χ4n) is 2.38. The Balaban J connectivity index is 2.23. The Labute approximate surface area is 103 Å². The van der Waals surface area contributed by atoms with Crippen molar-refractivity contribution < 1.29 is 5.11 Å². The number of hydrogen-bond acceptors (Lipinski definition) is 3. The number of aliphatic hydroxyl groups is 1. The van der Waals surface area contributed by atoms with Gasteiger partial charge in [-0.25, -0.2) is 0 Å². The van der Waals surface area contributed by atoms with E-state index in [2.05, 4.69) is 17.0 Å². The fourth-order valence-corrected chi connectivity index (χ4v) is 2.38. The number of aryl methyl sites for hydroxylation is 1. The molecule has 1 aromatic carbocycles. The summed E-state index contributed by atoms with van der Waals surface area (Å²) in [7, 11) is 0. The molecule has 0 aliphatic carbocycles. The summed E-state index contributed by atoms with van der Waals surface area (Å²) in [5.74, 6) is 0. The van der Waals surface area contributed by atoms with Gasteiger partial charge in [-0.1, -0.05) is 6.92 Å². The van der Waals surface area contributed by atoms with E-state index in [0.717, 1.165) is 31.5 Å². The van der Waals surface area contributed by atoms with Gasteiger partial charge >= 0.3 is 0 Å². The van der Waals surface area contributed by atoms with Gasteiger partial charge in [-0.05, 0) is 49.9 Å². The van der Waals surface area contributed by atoms with Gasteiger partial charge in [0.05, 0.1) is 5.60 Å². The average molecular weight is 234 g/mol. The predicted molar refractivity (Wildman–Crippen MR) is 72.3 cm³/mol. The van der Waals surface area contributed by atoms with Crippen molar-refractivity contribution in [3.8, 4) is 0 Å². The van der Waals surface area contributed by atoms with Crippen LogP contribution in [-0.2, 0) is 6.42 Å². The van der Waals surface area contributed by atoms with E-state index in [1.54, 1.807) is 0 Å². The van der Waals surface area contributed by atoms with Crippen molar-refractivity contribution in [1.82, 2.24) is 0 Å². The quantitative estimate of drug-likeness (QED) is 0.788. The Morgan fingerprint density at radius 1 is 1.47 bits per heavy atom. The first-order valence-corrected chi connectivity index (χ1v) is 6.37. The minimum Gasteiger partial charge on any atom is -0.399 e. The standard InChI is InChI=1S/C14H22N2O/c1-3-14(2,17)10-16-8-4-5-11-9-12(15)6-7-13(11)16/h6-7,9,17H,3-5,8,10,15H2,1-2H3. The largest absolute Gasteiger partial charge is 0.399 e. The first-order chi connectivity index (χ1) is 8.02. The second-order valence-corrected chi connectivity index (χ2v) is 5.26. The smallest absolute Gasteiger partial charge is 0.0791 e. The molecule has 0 radical (unpaired) electrons. The molecule has 0 fully saturated rings. The summed E-state index contributed by atoms with van der Waals surface area (Å²) in [6.07, 6.45) is 3.00. The Hall–Kier alpha value is -1.22. The van der Waals surface area contributed by atoms with Gasteiger partial charge < -0.3 is 15.7 Å². The highest BCUT2D eigenvalue weighted by molar-refractivity contribution is 5.61. The van der Waals surface area contributed by atoms with Crippen molar-refractivity contribution in [2.45, 2.75) is 38.7 Å². The van der Waals surface area contributed by atoms with Gasteiger partial charge in [0.25, 0.3) is 0 Å². The first kappa shape index (κ1) is 12.2. The molecule has 1 aliphatic heterocycles. The molecule has 94 valence electrons. The molecular weight excluding hydrogens is 212 g/mol. The molecule has 1 unspecified atom stereocenters. The van der Waals surface area contributed by atoms with Crippen molar-refractivity contribution >= 4 is 11.4 Å². The van der Waals surface area contributed by atoms with Gasteiger partial charge in [0.2, 0.25) is 0 Å². The third-order valence-corrected chi connectivity index (χ3v) is 3.61. The lowest BCUT2D eigenvalue weighted by Gasteiger charge is -2.36. The number of benzene rings is 1. The van der Waals surface area contributed by atoms with Crippen molar-refractivity contribution in [2.75, 3.05) is 23.7 Å². The van der Waals surface area contributed by atoms with Gasteiger partial charge in [0, 0.05) is 24.5 Å². The van der Waals surface area contributed by atoms with Crippen LogP contribution in [0.5, 0.6) is 0 Å². The highest BCUT2D eigenvalue weighted by Gasteiger charge is 2.25. The Kier molecular flexibility index (Phi) is 3.29. The number of β-amino-alcohol motifs (C(OH)–C–C–N with tert-alkyl or cyclic N) is 1. The summed E-state index contributed by atoms with van der Waals surface area (Å²) >= 11 is 0. The first-order valence-electron chi connectivity index (χ1n) is 6.37. The zero-order valence-electron chi connectivity index (χ0n) is 10.7. The maximum Gasteiger partial charge on any atom is 0.0791 e. The highest BCUT2D eigenvalue weighted by atomic mass is 16.3. The van der Waals surface area contributed by atoms with Crippen LogP contribution in [0.1, 0.15) is 32.3 Å². The lowest BCUT2D eigenvalue weighted by molar-refractivity contribution is 0.0626. The minimum absolute atomic E-state index is 0.615. The average Bonchev–Trinajstić information content (AvgIpc) is 2.28. The molecule has 3 N–H and O–H groups in total. The van der Waals surface area contributed by atoms with Crippen LogP contribution in [0.2, 0.25) is 0 Å². The van der Waals surface area contributed by atoms with Crippen LogP contribution in [0.4, 0.5) is 11.4 Å². The van der Waals surface area contributed by atoms with Gasteiger partial charge in [-0.2, -0.15) is 0 Å². The molecule has 0 aromatic heterocycles. The number of anilines is 2. The number of rotatable bonds is 3. The fraction of sp³-hybridized carbons (Fsp3) is 0.571. The number of nitrogen functional groups attached to an aromatic ring is 1. The lowest BCUT2D eigenvalue weighted by Crippen LogP contribution is -2.42. The molecule has 1 aliphatic rings. The van der Waals surface area contributed by atoms with Crippen LogP contribution in [0.25, 0.3) is 0 Å². The molecule has 3 nitrogen and oxygen atoms in total. The SMILES string of the molecule is CCC(C)(O)CN1CCCc2cc(N)ccc21. The summed E-state index contributed by atoms with van der Waals surface area (Å²) in [5.41, 5.74) is 8.57. The third kappa shape index (κ3) is 2.72. The van der Waals surface area contributed by atoms with Gasteiger partial charge in [-0.3, -0.25) is 0 Å². The number of nitrogens with two attached hydrogens (primary N) is 1. The molecule has 17 heavy (non-hydrogen) atoms. The van der Waals surface area contributed by atoms with Crippen molar-refractivity contribution in [2.24, 2.45) is 0 Å². The minimum atomic E-state index is -0.615. The molecule has 1 heterocycles. The van der Waals surface area contributed by atoms with Crippen LogP contribution in [0, 0.1) is 0 Å². The summed E-state index contributed by atoms with van der Waals surface area (Å²) in [5, 5.41) is 10.2. The van der Waals surface area contributed by atoms with Crippen molar-refractivity contribution in [3.05, 3.63) is 23.8 Å². The molecule has 0 saturated heterocycles. The zero-order valence-corrected chi connectivity index (χ0v) is 10.7. The highest BCUT2D eigenvalue weighted by Crippen LogP contribution is 2.30. The van der Waals surface area contributed by atoms with E-state index in [9.17, 15) is 5.11 Å². The summed E-state index contributed by atoms with van der Waals surface area (Å²) < 4.78 is 0. The van der Waals surface area contributed by atoms with E-state index < -0.39 is 5.60 Å².